The van der Waals surface area contributed by atoms with Crippen LogP contribution in [-0.4, -0.2) is 43.8 Å². The Balaban J connectivity index is 1.46. The summed E-state index contributed by atoms with van der Waals surface area (Å²) in [6, 6.07) is 11.6. The van der Waals surface area contributed by atoms with E-state index in [1.807, 2.05) is 24.3 Å². The lowest BCUT2D eigenvalue weighted by Crippen LogP contribution is -2.45. The van der Waals surface area contributed by atoms with Crippen LogP contribution in [0.5, 0.6) is 5.75 Å². The van der Waals surface area contributed by atoms with E-state index in [-0.39, 0.29) is 22.9 Å². The quantitative estimate of drug-likeness (QED) is 0.597. The number of benzene rings is 2. The highest BCUT2D eigenvalue weighted by Crippen LogP contribution is 2.26. The zero-order valence-corrected chi connectivity index (χ0v) is 17.8. The molecular formula is C21H23N3O6S. The van der Waals surface area contributed by atoms with E-state index in [0.717, 1.165) is 5.56 Å². The predicted molar refractivity (Wildman–Crippen MR) is 113 cm³/mol. The molecule has 2 aromatic carbocycles. The molecule has 10 heteroatoms. The summed E-state index contributed by atoms with van der Waals surface area (Å²) < 4.78 is 37.8. The van der Waals surface area contributed by atoms with Gasteiger partial charge in [-0.15, -0.1) is 0 Å². The minimum absolute atomic E-state index is 0.0258. The number of para-hydroxylation sites is 1. The molecule has 1 saturated heterocycles. The van der Waals surface area contributed by atoms with Crippen molar-refractivity contribution in [2.75, 3.05) is 20.2 Å². The molecule has 1 aromatic heterocycles. The monoisotopic (exact) mass is 445 g/mol. The second-order valence-corrected chi connectivity index (χ2v) is 9.34. The zero-order valence-electron chi connectivity index (χ0n) is 17.0. The van der Waals surface area contributed by atoms with Crippen molar-refractivity contribution in [1.29, 1.82) is 0 Å². The first-order valence-electron chi connectivity index (χ1n) is 9.91. The molecule has 0 bridgehead atoms. The average molecular weight is 445 g/mol. The largest absolute Gasteiger partial charge is 0.496 e. The number of ether oxygens (including phenoxy) is 1. The number of methoxy groups -OCH3 is 1. The summed E-state index contributed by atoms with van der Waals surface area (Å²) in [5, 5.41) is 2.89. The smallest absolute Gasteiger partial charge is 0.417 e. The number of hydrogen-bond donors (Lipinski definition) is 2. The van der Waals surface area contributed by atoms with Gasteiger partial charge in [0, 0.05) is 31.3 Å². The van der Waals surface area contributed by atoms with Crippen LogP contribution in [0.15, 0.2) is 56.6 Å². The number of H-pyrrole nitrogens is 1. The van der Waals surface area contributed by atoms with Gasteiger partial charge in [0.1, 0.15) is 5.75 Å². The molecule has 2 heterocycles. The van der Waals surface area contributed by atoms with Crippen LogP contribution in [0.2, 0.25) is 0 Å². The fraction of sp³-hybridized carbons (Fsp3) is 0.333. The first-order valence-corrected chi connectivity index (χ1v) is 11.3. The fourth-order valence-electron chi connectivity index (χ4n) is 3.79. The summed E-state index contributed by atoms with van der Waals surface area (Å²) in [7, 11) is -2.26. The van der Waals surface area contributed by atoms with Gasteiger partial charge in [-0.05, 0) is 31.0 Å². The van der Waals surface area contributed by atoms with Crippen molar-refractivity contribution in [2.24, 2.45) is 5.92 Å². The number of nitrogens with one attached hydrogen (secondary N) is 2. The van der Waals surface area contributed by atoms with Gasteiger partial charge in [-0.25, -0.2) is 13.2 Å². The molecule has 0 aliphatic carbocycles. The van der Waals surface area contributed by atoms with Gasteiger partial charge in [-0.2, -0.15) is 4.31 Å². The third-order valence-electron chi connectivity index (χ3n) is 5.43. The Labute approximate surface area is 179 Å². The van der Waals surface area contributed by atoms with E-state index in [1.54, 1.807) is 7.11 Å². The molecule has 0 saturated carbocycles. The third-order valence-corrected chi connectivity index (χ3v) is 7.29. The second-order valence-electron chi connectivity index (χ2n) is 7.40. The van der Waals surface area contributed by atoms with Crippen LogP contribution in [0.25, 0.3) is 11.1 Å². The van der Waals surface area contributed by atoms with Crippen LogP contribution in [0.1, 0.15) is 18.4 Å². The molecular weight excluding hydrogens is 422 g/mol. The summed E-state index contributed by atoms with van der Waals surface area (Å²) in [5.74, 6) is -0.609. The number of piperidine rings is 1. The Morgan fingerprint density at radius 1 is 1.29 bits per heavy atom. The molecule has 1 atom stereocenters. The Kier molecular flexibility index (Phi) is 5.84. The number of sulfonamides is 1. The number of carbonyl (C=O) groups excluding carboxylic acids is 1. The first-order chi connectivity index (χ1) is 14.9. The average Bonchev–Trinajstić information content (AvgIpc) is 3.17. The van der Waals surface area contributed by atoms with E-state index in [0.29, 0.717) is 37.2 Å². The second kappa shape index (κ2) is 8.56. The minimum Gasteiger partial charge on any atom is -0.496 e. The number of oxazole rings is 1. The molecule has 0 radical (unpaired) electrons. The highest BCUT2D eigenvalue weighted by Gasteiger charge is 2.33. The van der Waals surface area contributed by atoms with E-state index in [2.05, 4.69) is 10.3 Å². The minimum atomic E-state index is -3.83. The van der Waals surface area contributed by atoms with Crippen molar-refractivity contribution >= 4 is 27.0 Å². The van der Waals surface area contributed by atoms with Gasteiger partial charge in [-0.3, -0.25) is 9.78 Å². The van der Waals surface area contributed by atoms with Crippen molar-refractivity contribution in [3.8, 4) is 5.75 Å². The van der Waals surface area contributed by atoms with E-state index in [1.165, 1.54) is 22.5 Å². The van der Waals surface area contributed by atoms with E-state index >= 15 is 0 Å². The SMILES string of the molecule is COc1ccccc1CNC(=O)[C@@H]1CCCN(S(=O)(=O)c2ccc3[nH]c(=O)oc3c2)C1. The van der Waals surface area contributed by atoms with Crippen molar-refractivity contribution in [1.82, 2.24) is 14.6 Å². The number of fused-ring (bicyclic) bond motifs is 1. The van der Waals surface area contributed by atoms with Gasteiger partial charge in [0.2, 0.25) is 15.9 Å². The molecule has 3 aromatic rings. The molecule has 164 valence electrons. The van der Waals surface area contributed by atoms with Gasteiger partial charge >= 0.3 is 5.76 Å². The molecule has 4 rings (SSSR count). The molecule has 1 amide bonds. The highest BCUT2D eigenvalue weighted by atomic mass is 32.2. The number of hydrogen-bond acceptors (Lipinski definition) is 6. The maximum atomic E-state index is 13.1. The van der Waals surface area contributed by atoms with E-state index < -0.39 is 21.7 Å². The van der Waals surface area contributed by atoms with Gasteiger partial charge in [0.05, 0.1) is 23.4 Å². The summed E-state index contributed by atoms with van der Waals surface area (Å²) in [6.45, 7) is 0.720. The van der Waals surface area contributed by atoms with Gasteiger partial charge in [0.15, 0.2) is 5.58 Å². The Morgan fingerprint density at radius 3 is 2.90 bits per heavy atom. The van der Waals surface area contributed by atoms with Crippen LogP contribution >= 0.6 is 0 Å². The highest BCUT2D eigenvalue weighted by molar-refractivity contribution is 7.89. The predicted octanol–water partition coefficient (Wildman–Crippen LogP) is 1.85. The van der Waals surface area contributed by atoms with E-state index in [9.17, 15) is 18.0 Å². The van der Waals surface area contributed by atoms with Crippen LogP contribution in [-0.2, 0) is 21.4 Å². The van der Waals surface area contributed by atoms with Crippen molar-refractivity contribution < 1.29 is 22.4 Å². The number of nitrogens with zero attached hydrogens (tertiary/aromatic N) is 1. The standard InChI is InChI=1S/C21H23N3O6S/c1-29-18-7-3-2-5-14(18)12-22-20(25)15-6-4-10-24(13-15)31(27,28)16-8-9-17-19(11-16)30-21(26)23-17/h2-3,5,7-9,11,15H,4,6,10,12-13H2,1H3,(H,22,25)(H,23,26)/t15-/m1/s1. The topological polar surface area (TPSA) is 122 Å². The number of amides is 1. The van der Waals surface area contributed by atoms with Crippen LogP contribution in [0.3, 0.4) is 0 Å². The summed E-state index contributed by atoms with van der Waals surface area (Å²) >= 11 is 0. The number of carbonyl (C=O) groups is 1. The number of aromatic amines is 1. The normalized spacial score (nSPS) is 17.5. The molecule has 9 nitrogen and oxygen atoms in total. The van der Waals surface area contributed by atoms with Crippen molar-refractivity contribution in [3.05, 3.63) is 58.6 Å². The molecule has 1 aliphatic rings. The number of aromatic nitrogens is 1. The maximum absolute atomic E-state index is 13.1. The van der Waals surface area contributed by atoms with Crippen LogP contribution < -0.4 is 15.8 Å². The van der Waals surface area contributed by atoms with Gasteiger partial charge < -0.3 is 14.5 Å². The fourth-order valence-corrected chi connectivity index (χ4v) is 5.33. The molecule has 1 aliphatic heterocycles. The lowest BCUT2D eigenvalue weighted by Gasteiger charge is -2.31. The van der Waals surface area contributed by atoms with Crippen molar-refractivity contribution in [2.45, 2.75) is 24.3 Å². The molecule has 2 N–H and O–H groups in total. The van der Waals surface area contributed by atoms with Crippen molar-refractivity contribution in [3.63, 3.8) is 0 Å². The zero-order chi connectivity index (χ0) is 22.0. The van der Waals surface area contributed by atoms with Crippen LogP contribution in [0, 0.1) is 5.92 Å². The molecule has 1 fully saturated rings. The molecule has 0 unspecified atom stereocenters. The van der Waals surface area contributed by atoms with Crippen LogP contribution in [0.4, 0.5) is 0 Å². The Morgan fingerprint density at radius 2 is 2.10 bits per heavy atom. The first kappa shape index (κ1) is 21.1. The number of rotatable bonds is 6. The third kappa shape index (κ3) is 4.35. The van der Waals surface area contributed by atoms with Gasteiger partial charge in [0.25, 0.3) is 0 Å². The summed E-state index contributed by atoms with van der Waals surface area (Å²) in [4.78, 5) is 26.6. The summed E-state index contributed by atoms with van der Waals surface area (Å²) in [6.07, 6.45) is 1.18. The maximum Gasteiger partial charge on any atom is 0.417 e. The molecule has 31 heavy (non-hydrogen) atoms. The van der Waals surface area contributed by atoms with E-state index in [4.69, 9.17) is 9.15 Å². The Bertz CT molecular complexity index is 1260. The molecule has 0 spiro atoms. The van der Waals surface area contributed by atoms with Gasteiger partial charge in [-0.1, -0.05) is 18.2 Å². The Hall–Kier alpha value is -3.11. The lowest BCUT2D eigenvalue weighted by molar-refractivity contribution is -0.126. The lowest BCUT2D eigenvalue weighted by atomic mass is 9.98. The summed E-state index contributed by atoms with van der Waals surface area (Å²) in [5.41, 5.74) is 1.45.